The van der Waals surface area contributed by atoms with Crippen molar-refractivity contribution in [2.45, 2.75) is 0 Å². The number of hydrogen-bond donors (Lipinski definition) is 0. The molecule has 0 atom stereocenters. The van der Waals surface area contributed by atoms with Gasteiger partial charge in [-0.3, -0.25) is 0 Å². The Hall–Kier alpha value is -8.20. The first-order valence-corrected chi connectivity index (χ1v) is 21.3. The predicted octanol–water partition coefficient (Wildman–Crippen LogP) is 16.6. The minimum Gasteiger partial charge on any atom is -0.310 e. The van der Waals surface area contributed by atoms with Crippen molar-refractivity contribution in [3.8, 4) is 61.3 Å². The molecule has 2 nitrogen and oxygen atoms in total. The van der Waals surface area contributed by atoms with Crippen molar-refractivity contribution >= 4 is 38.9 Å². The van der Waals surface area contributed by atoms with Gasteiger partial charge in [-0.05, 0) is 105 Å². The van der Waals surface area contributed by atoms with Crippen LogP contribution in [0.15, 0.2) is 255 Å². The minimum atomic E-state index is 1.08. The fourth-order valence-electron chi connectivity index (χ4n) is 9.02. The fraction of sp³-hybridized carbons (Fsp3) is 0. The Balaban J connectivity index is 1.10. The molecular weight excluding hydrogens is 749 g/mol. The van der Waals surface area contributed by atoms with Crippen LogP contribution in [0.3, 0.4) is 0 Å². The van der Waals surface area contributed by atoms with Crippen molar-refractivity contribution in [3.63, 3.8) is 0 Å². The summed E-state index contributed by atoms with van der Waals surface area (Å²) in [6.45, 7) is 0. The maximum absolute atomic E-state index is 2.44. The van der Waals surface area contributed by atoms with Gasteiger partial charge in [-0.2, -0.15) is 0 Å². The van der Waals surface area contributed by atoms with Gasteiger partial charge in [0.1, 0.15) is 0 Å². The number of aromatic nitrogens is 1. The highest BCUT2D eigenvalue weighted by Crippen LogP contribution is 2.45. The number of fused-ring (bicyclic) bond motifs is 3. The molecule has 1 heterocycles. The number of para-hydroxylation sites is 2. The Morgan fingerprint density at radius 2 is 0.742 bits per heavy atom. The summed E-state index contributed by atoms with van der Waals surface area (Å²) in [5.74, 6) is 0. The molecular formula is C60H42N2. The maximum Gasteiger partial charge on any atom is 0.0561 e. The molecule has 0 N–H and O–H groups in total. The third-order valence-corrected chi connectivity index (χ3v) is 12.0. The molecule has 0 fully saturated rings. The predicted molar refractivity (Wildman–Crippen MR) is 263 cm³/mol. The molecule has 1 aromatic heterocycles. The van der Waals surface area contributed by atoms with Crippen LogP contribution in [-0.4, -0.2) is 4.57 Å². The van der Waals surface area contributed by atoms with Gasteiger partial charge in [0.15, 0.2) is 0 Å². The molecule has 2 heteroatoms. The van der Waals surface area contributed by atoms with Gasteiger partial charge in [-0.25, -0.2) is 0 Å². The smallest absolute Gasteiger partial charge is 0.0561 e. The van der Waals surface area contributed by atoms with Crippen molar-refractivity contribution in [1.29, 1.82) is 0 Å². The Bertz CT molecular complexity index is 3300. The molecule has 0 saturated heterocycles. The van der Waals surface area contributed by atoms with Crippen LogP contribution in [0.25, 0.3) is 83.1 Å². The summed E-state index contributed by atoms with van der Waals surface area (Å²) in [5.41, 5.74) is 18.6. The van der Waals surface area contributed by atoms with Gasteiger partial charge in [0.05, 0.1) is 16.7 Å². The van der Waals surface area contributed by atoms with E-state index in [0.29, 0.717) is 0 Å². The van der Waals surface area contributed by atoms with Crippen LogP contribution < -0.4 is 4.90 Å². The highest BCUT2D eigenvalue weighted by atomic mass is 15.1. The molecule has 0 saturated carbocycles. The molecule has 62 heavy (non-hydrogen) atoms. The lowest BCUT2D eigenvalue weighted by atomic mass is 9.94. The van der Waals surface area contributed by atoms with Gasteiger partial charge in [-0.15, -0.1) is 0 Å². The summed E-state index contributed by atoms with van der Waals surface area (Å²) in [6.07, 6.45) is 0. The zero-order valence-electron chi connectivity index (χ0n) is 34.1. The monoisotopic (exact) mass is 790 g/mol. The second-order valence-corrected chi connectivity index (χ2v) is 15.7. The van der Waals surface area contributed by atoms with Gasteiger partial charge in [0.2, 0.25) is 0 Å². The first-order valence-electron chi connectivity index (χ1n) is 21.3. The third-order valence-electron chi connectivity index (χ3n) is 12.0. The van der Waals surface area contributed by atoms with Crippen LogP contribution in [0.2, 0.25) is 0 Å². The van der Waals surface area contributed by atoms with E-state index in [0.717, 1.165) is 39.4 Å². The number of benzene rings is 10. The summed E-state index contributed by atoms with van der Waals surface area (Å²) >= 11 is 0. The van der Waals surface area contributed by atoms with Crippen molar-refractivity contribution in [2.75, 3.05) is 4.90 Å². The van der Waals surface area contributed by atoms with E-state index in [1.54, 1.807) is 0 Å². The lowest BCUT2D eigenvalue weighted by Gasteiger charge is -2.28. The fourth-order valence-corrected chi connectivity index (χ4v) is 9.02. The Kier molecular flexibility index (Phi) is 9.57. The van der Waals surface area contributed by atoms with E-state index in [2.05, 4.69) is 264 Å². The number of nitrogens with zero attached hydrogens (tertiary/aromatic N) is 2. The Morgan fingerprint density at radius 3 is 1.39 bits per heavy atom. The van der Waals surface area contributed by atoms with E-state index in [9.17, 15) is 0 Å². The van der Waals surface area contributed by atoms with Gasteiger partial charge in [0.25, 0.3) is 0 Å². The minimum absolute atomic E-state index is 1.08. The van der Waals surface area contributed by atoms with Crippen LogP contribution in [0.5, 0.6) is 0 Å². The van der Waals surface area contributed by atoms with Crippen molar-refractivity contribution in [1.82, 2.24) is 4.57 Å². The summed E-state index contributed by atoms with van der Waals surface area (Å²) in [5, 5.41) is 2.43. The molecule has 10 aromatic carbocycles. The molecule has 0 aliphatic carbocycles. The van der Waals surface area contributed by atoms with Gasteiger partial charge < -0.3 is 9.47 Å². The van der Waals surface area contributed by atoms with E-state index >= 15 is 0 Å². The topological polar surface area (TPSA) is 8.17 Å². The second-order valence-electron chi connectivity index (χ2n) is 15.7. The zero-order valence-corrected chi connectivity index (χ0v) is 34.1. The van der Waals surface area contributed by atoms with E-state index in [-0.39, 0.29) is 0 Å². The Labute approximate surface area is 362 Å². The summed E-state index contributed by atoms with van der Waals surface area (Å²) in [7, 11) is 0. The summed E-state index contributed by atoms with van der Waals surface area (Å²) in [4.78, 5) is 2.42. The average molecular weight is 791 g/mol. The second kappa shape index (κ2) is 16.1. The summed E-state index contributed by atoms with van der Waals surface area (Å²) in [6, 6.07) is 92.1. The first kappa shape index (κ1) is 36.8. The molecule has 0 bridgehead atoms. The third kappa shape index (κ3) is 6.84. The van der Waals surface area contributed by atoms with Crippen LogP contribution in [-0.2, 0) is 0 Å². The van der Waals surface area contributed by atoms with E-state index < -0.39 is 0 Å². The molecule has 0 aliphatic heterocycles. The highest BCUT2D eigenvalue weighted by Gasteiger charge is 2.21. The summed E-state index contributed by atoms with van der Waals surface area (Å²) < 4.78 is 2.44. The number of anilines is 3. The molecule has 11 aromatic rings. The van der Waals surface area contributed by atoms with Crippen LogP contribution in [0.1, 0.15) is 0 Å². The first-order chi connectivity index (χ1) is 30.8. The molecule has 0 amide bonds. The van der Waals surface area contributed by atoms with Gasteiger partial charge in [-0.1, -0.05) is 200 Å². The van der Waals surface area contributed by atoms with E-state index in [1.807, 2.05) is 0 Å². The zero-order chi connectivity index (χ0) is 41.2. The lowest BCUT2D eigenvalue weighted by molar-refractivity contribution is 1.18. The van der Waals surface area contributed by atoms with Gasteiger partial charge in [0, 0.05) is 33.4 Å². The molecule has 11 rings (SSSR count). The van der Waals surface area contributed by atoms with Crippen molar-refractivity contribution in [2.24, 2.45) is 0 Å². The van der Waals surface area contributed by atoms with Crippen molar-refractivity contribution in [3.05, 3.63) is 255 Å². The molecule has 0 aliphatic rings. The molecule has 0 unspecified atom stereocenters. The molecule has 0 spiro atoms. The van der Waals surface area contributed by atoms with Crippen LogP contribution in [0.4, 0.5) is 17.1 Å². The molecule has 0 radical (unpaired) electrons. The lowest BCUT2D eigenvalue weighted by Crippen LogP contribution is -2.11. The maximum atomic E-state index is 2.44. The quantitative estimate of drug-likeness (QED) is 0.141. The van der Waals surface area contributed by atoms with Crippen molar-refractivity contribution < 1.29 is 0 Å². The van der Waals surface area contributed by atoms with E-state index in [1.165, 1.54) is 60.8 Å². The van der Waals surface area contributed by atoms with Crippen LogP contribution >= 0.6 is 0 Å². The van der Waals surface area contributed by atoms with Crippen LogP contribution in [0, 0.1) is 0 Å². The Morgan fingerprint density at radius 1 is 0.258 bits per heavy atom. The SMILES string of the molecule is c1ccc(-c2ccc(-c3ccc(N(c4ccccc4)c4ccc5c6ccccc6n(-c6ccc(-c7ccccc7)c(-c7ccccc7)c6)c5c4)c(-c4ccccc4)c3)cc2)cc1. The van der Waals surface area contributed by atoms with E-state index in [4.69, 9.17) is 0 Å². The van der Waals surface area contributed by atoms with Gasteiger partial charge >= 0.3 is 0 Å². The average Bonchev–Trinajstić information content (AvgIpc) is 3.69. The normalized spacial score (nSPS) is 11.2. The number of rotatable bonds is 9. The standard InChI is InChI=1S/C60H42N2/c1-6-18-43(19-7-1)44-30-32-45(33-31-44)49-34-39-59(57(40-49)48-24-12-4-13-25-48)61(50-26-14-5-15-27-50)52-36-38-55-54-28-16-17-29-58(54)62(60(55)42-52)51-35-37-53(46-20-8-2-9-21-46)56(41-51)47-22-10-3-11-23-47/h1-42H. The molecule has 292 valence electrons. The highest BCUT2D eigenvalue weighted by molar-refractivity contribution is 6.11. The largest absolute Gasteiger partial charge is 0.310 e. The number of hydrogen-bond acceptors (Lipinski definition) is 1.